The zero-order chi connectivity index (χ0) is 15.6. The maximum absolute atomic E-state index is 13.6. The molecule has 0 fully saturated rings. The highest BCUT2D eigenvalue weighted by Crippen LogP contribution is 2.33. The van der Waals surface area contributed by atoms with Crippen molar-refractivity contribution in [2.45, 2.75) is 12.2 Å². The minimum Gasteiger partial charge on any atom is -0.500 e. The van der Waals surface area contributed by atoms with Crippen LogP contribution in [0.25, 0.3) is 0 Å². The lowest BCUT2D eigenvalue weighted by atomic mass is 10.2. The van der Waals surface area contributed by atoms with Crippen molar-refractivity contribution in [2.24, 2.45) is 0 Å². The maximum atomic E-state index is 13.6. The third-order valence-electron chi connectivity index (χ3n) is 2.69. The van der Waals surface area contributed by atoms with Gasteiger partial charge in [-0.25, -0.2) is 12.8 Å². The van der Waals surface area contributed by atoms with Crippen molar-refractivity contribution in [1.82, 2.24) is 0 Å². The van der Waals surface area contributed by atoms with E-state index in [1.165, 1.54) is 25.3 Å². The van der Waals surface area contributed by atoms with Gasteiger partial charge in [-0.15, -0.1) is 0 Å². The van der Waals surface area contributed by atoms with E-state index in [1.807, 2.05) is 0 Å². The lowest BCUT2D eigenvalue weighted by Gasteiger charge is -2.15. The van der Waals surface area contributed by atoms with Gasteiger partial charge in [0.25, 0.3) is 0 Å². The van der Waals surface area contributed by atoms with Crippen molar-refractivity contribution in [3.63, 3.8) is 0 Å². The Morgan fingerprint density at radius 2 is 2.19 bits per heavy atom. The second-order valence-corrected chi connectivity index (χ2v) is 6.59. The van der Waals surface area contributed by atoms with Crippen LogP contribution in [-0.2, 0) is 19.6 Å². The molecule has 2 N–H and O–H groups in total. The molecule has 1 atom stereocenters. The third kappa shape index (κ3) is 3.45. The van der Waals surface area contributed by atoms with E-state index in [4.69, 9.17) is 16.3 Å². The van der Waals surface area contributed by atoms with Crippen molar-refractivity contribution < 1.29 is 22.3 Å². The summed E-state index contributed by atoms with van der Waals surface area (Å²) in [6.45, 7) is 1.18. The van der Waals surface area contributed by atoms with Crippen LogP contribution in [0.1, 0.15) is 6.92 Å². The van der Waals surface area contributed by atoms with Gasteiger partial charge < -0.3 is 10.1 Å². The van der Waals surface area contributed by atoms with Gasteiger partial charge in [0.05, 0.1) is 22.7 Å². The molecule has 1 unspecified atom stereocenters. The van der Waals surface area contributed by atoms with Gasteiger partial charge >= 0.3 is 0 Å². The maximum Gasteiger partial charge on any atom is 0.242 e. The molecule has 9 heteroatoms. The number of hydrogen-bond donors (Lipinski definition) is 2. The number of benzene rings is 1. The molecule has 2 rings (SSSR count). The first-order valence-corrected chi connectivity index (χ1v) is 7.79. The first kappa shape index (κ1) is 15.6. The number of carbonyl (C=O) groups is 1. The minimum atomic E-state index is -3.78. The predicted octanol–water partition coefficient (Wildman–Crippen LogP) is 2.09. The number of anilines is 2. The van der Waals surface area contributed by atoms with Crippen molar-refractivity contribution in [3.05, 3.63) is 35.3 Å². The van der Waals surface area contributed by atoms with Crippen LogP contribution in [0, 0.1) is 5.82 Å². The molecule has 21 heavy (non-hydrogen) atoms. The molecule has 0 saturated carbocycles. The molecule has 0 aliphatic carbocycles. The van der Waals surface area contributed by atoms with E-state index in [1.54, 1.807) is 0 Å². The van der Waals surface area contributed by atoms with Crippen molar-refractivity contribution in [1.29, 1.82) is 0 Å². The molecule has 0 radical (unpaired) electrons. The molecule has 1 amide bonds. The van der Waals surface area contributed by atoms with Crippen LogP contribution < -0.4 is 10.0 Å². The Kier molecular flexibility index (Phi) is 4.38. The van der Waals surface area contributed by atoms with Gasteiger partial charge in [0.2, 0.25) is 15.9 Å². The molecule has 6 nitrogen and oxygen atoms in total. The highest BCUT2D eigenvalue weighted by molar-refractivity contribution is 7.93. The van der Waals surface area contributed by atoms with Gasteiger partial charge in [-0.05, 0) is 18.2 Å². The van der Waals surface area contributed by atoms with E-state index < -0.39 is 27.0 Å². The molecule has 1 aromatic rings. The topological polar surface area (TPSA) is 84.5 Å². The number of nitrogens with one attached hydrogen (secondary N) is 2. The number of carbonyl (C=O) groups excluding carboxylic acids is 1. The summed E-state index contributed by atoms with van der Waals surface area (Å²) in [4.78, 5) is 11.0. The Balaban J connectivity index is 2.32. The number of sulfonamides is 1. The molecule has 0 bridgehead atoms. The smallest absolute Gasteiger partial charge is 0.242 e. The van der Waals surface area contributed by atoms with Gasteiger partial charge in [-0.3, -0.25) is 9.52 Å². The normalized spacial score (nSPS) is 17.4. The van der Waals surface area contributed by atoms with Gasteiger partial charge in [0.1, 0.15) is 17.7 Å². The molecule has 0 aromatic heterocycles. The molecular weight excluding hydrogens is 323 g/mol. The van der Waals surface area contributed by atoms with Gasteiger partial charge in [0, 0.05) is 6.92 Å². The van der Waals surface area contributed by atoms with Crippen LogP contribution in [-0.4, -0.2) is 26.2 Å². The van der Waals surface area contributed by atoms with E-state index >= 15 is 0 Å². The fraction of sp³-hybridized carbons (Fsp3) is 0.250. The van der Waals surface area contributed by atoms with Gasteiger partial charge in [0.15, 0.2) is 0 Å². The van der Waals surface area contributed by atoms with Crippen molar-refractivity contribution in [2.75, 3.05) is 16.6 Å². The summed E-state index contributed by atoms with van der Waals surface area (Å²) >= 11 is 5.94. The SMILES string of the molecule is CC(=O)Nc1c(F)ccc(NS(=O)(=O)C2C=COC2)c1Cl. The predicted molar refractivity (Wildman–Crippen MR) is 77.1 cm³/mol. The Hall–Kier alpha value is -1.80. The monoisotopic (exact) mass is 334 g/mol. The Morgan fingerprint density at radius 3 is 2.76 bits per heavy atom. The fourth-order valence-electron chi connectivity index (χ4n) is 1.69. The largest absolute Gasteiger partial charge is 0.500 e. The van der Waals surface area contributed by atoms with E-state index in [-0.39, 0.29) is 23.0 Å². The summed E-state index contributed by atoms with van der Waals surface area (Å²) in [5.74, 6) is -1.29. The van der Waals surface area contributed by atoms with Crippen LogP contribution in [0.15, 0.2) is 24.5 Å². The third-order valence-corrected chi connectivity index (χ3v) is 4.68. The molecule has 114 valence electrons. The van der Waals surface area contributed by atoms with Gasteiger partial charge in [-0.1, -0.05) is 11.6 Å². The van der Waals surface area contributed by atoms with Gasteiger partial charge in [-0.2, -0.15) is 0 Å². The number of halogens is 2. The molecule has 1 heterocycles. The lowest BCUT2D eigenvalue weighted by molar-refractivity contribution is -0.114. The molecule has 1 aliphatic rings. The summed E-state index contributed by atoms with van der Waals surface area (Å²) in [6, 6.07) is 2.19. The summed E-state index contributed by atoms with van der Waals surface area (Å²) < 4.78 is 44.9. The molecule has 0 spiro atoms. The number of hydrogen-bond acceptors (Lipinski definition) is 4. The summed E-state index contributed by atoms with van der Waals surface area (Å²) in [5.41, 5.74) is -0.301. The number of amides is 1. The van der Waals surface area contributed by atoms with E-state index in [0.29, 0.717) is 0 Å². The molecule has 1 aromatic carbocycles. The van der Waals surface area contributed by atoms with E-state index in [0.717, 1.165) is 6.07 Å². The fourth-order valence-corrected chi connectivity index (χ4v) is 3.15. The Morgan fingerprint density at radius 1 is 1.48 bits per heavy atom. The zero-order valence-corrected chi connectivity index (χ0v) is 12.5. The number of rotatable bonds is 4. The highest BCUT2D eigenvalue weighted by Gasteiger charge is 2.27. The Bertz CT molecular complexity index is 705. The Labute approximate surface area is 126 Å². The highest BCUT2D eigenvalue weighted by atomic mass is 35.5. The summed E-state index contributed by atoms with van der Waals surface area (Å²) in [6.07, 6.45) is 2.67. The van der Waals surface area contributed by atoms with E-state index in [2.05, 4.69) is 10.0 Å². The van der Waals surface area contributed by atoms with Crippen LogP contribution >= 0.6 is 11.6 Å². The average molecular weight is 335 g/mol. The van der Waals surface area contributed by atoms with Crippen molar-refractivity contribution >= 4 is 38.9 Å². The second kappa shape index (κ2) is 5.90. The van der Waals surface area contributed by atoms with Crippen LogP contribution in [0.3, 0.4) is 0 Å². The standard InChI is InChI=1S/C12H12ClFN2O4S/c1-7(17)15-12-9(14)2-3-10(11(12)13)16-21(18,19)8-4-5-20-6-8/h2-5,8,16H,6H2,1H3,(H,15,17). The quantitative estimate of drug-likeness (QED) is 0.883. The first-order chi connectivity index (χ1) is 9.81. The number of ether oxygens (including phenoxy) is 1. The lowest BCUT2D eigenvalue weighted by Crippen LogP contribution is -2.27. The summed E-state index contributed by atoms with van der Waals surface area (Å²) in [7, 11) is -3.78. The van der Waals surface area contributed by atoms with E-state index in [9.17, 15) is 17.6 Å². The zero-order valence-electron chi connectivity index (χ0n) is 10.9. The van der Waals surface area contributed by atoms with Crippen molar-refractivity contribution in [3.8, 4) is 0 Å². The average Bonchev–Trinajstić information content (AvgIpc) is 2.92. The second-order valence-electron chi connectivity index (χ2n) is 4.31. The minimum absolute atomic E-state index is 0.00724. The van der Waals surface area contributed by atoms with Crippen LogP contribution in [0.5, 0.6) is 0 Å². The van der Waals surface area contributed by atoms with Crippen LogP contribution in [0.4, 0.5) is 15.8 Å². The van der Waals surface area contributed by atoms with Crippen LogP contribution in [0.2, 0.25) is 5.02 Å². The summed E-state index contributed by atoms with van der Waals surface area (Å²) in [5, 5.41) is 1.13. The first-order valence-electron chi connectivity index (χ1n) is 5.87. The molecule has 0 saturated heterocycles. The molecule has 1 aliphatic heterocycles. The molecular formula is C12H12ClFN2O4S.